The molecule has 32 heavy (non-hydrogen) atoms. The van der Waals surface area contributed by atoms with Gasteiger partial charge in [0.15, 0.2) is 6.10 Å². The van der Waals surface area contributed by atoms with E-state index in [2.05, 4.69) is 15.4 Å². The summed E-state index contributed by atoms with van der Waals surface area (Å²) in [5.74, 6) is -0.466. The van der Waals surface area contributed by atoms with E-state index in [1.54, 1.807) is 13.0 Å². The van der Waals surface area contributed by atoms with Gasteiger partial charge >= 0.3 is 6.18 Å². The van der Waals surface area contributed by atoms with Crippen LogP contribution in [-0.4, -0.2) is 32.9 Å². The second kappa shape index (κ2) is 8.96. The van der Waals surface area contributed by atoms with Gasteiger partial charge in [-0.15, -0.1) is 0 Å². The first-order valence-corrected chi connectivity index (χ1v) is 11.0. The zero-order valence-electron chi connectivity index (χ0n) is 16.4. The number of carbonyl (C=O) groups excluding carboxylic acids is 2. The monoisotopic (exact) mass is 491 g/mol. The third-order valence-corrected chi connectivity index (χ3v) is 6.18. The molecule has 0 fully saturated rings. The van der Waals surface area contributed by atoms with Gasteiger partial charge in [0.25, 0.3) is 5.91 Å². The number of hydrogen-bond donors (Lipinski definition) is 3. The summed E-state index contributed by atoms with van der Waals surface area (Å²) in [6.45, 7) is 1.23. The van der Waals surface area contributed by atoms with Gasteiger partial charge in [-0.25, -0.2) is 13.1 Å². The van der Waals surface area contributed by atoms with E-state index in [0.29, 0.717) is 23.2 Å². The van der Waals surface area contributed by atoms with Crippen LogP contribution in [0, 0.1) is 0 Å². The normalized spacial score (nSPS) is 16.0. The molecule has 3 rings (SSSR count). The van der Waals surface area contributed by atoms with Gasteiger partial charge in [-0.05, 0) is 43.3 Å². The van der Waals surface area contributed by atoms with Crippen molar-refractivity contribution in [1.82, 2.24) is 4.72 Å². The van der Waals surface area contributed by atoms with Gasteiger partial charge in [-0.2, -0.15) is 13.2 Å². The van der Waals surface area contributed by atoms with Crippen molar-refractivity contribution in [2.45, 2.75) is 30.5 Å². The number of halogens is 4. The number of nitrogens with one attached hydrogen (secondary N) is 3. The fourth-order valence-electron chi connectivity index (χ4n) is 2.78. The van der Waals surface area contributed by atoms with E-state index in [-0.39, 0.29) is 18.9 Å². The molecular weight excluding hydrogens is 475 g/mol. The van der Waals surface area contributed by atoms with Gasteiger partial charge in [-0.3, -0.25) is 9.59 Å². The highest BCUT2D eigenvalue weighted by atomic mass is 35.5. The summed E-state index contributed by atoms with van der Waals surface area (Å²) in [5, 5.41) is 4.53. The Balaban J connectivity index is 1.59. The highest BCUT2D eigenvalue weighted by Crippen LogP contribution is 2.36. The minimum Gasteiger partial charge on any atom is -0.479 e. The smallest absolute Gasteiger partial charge is 0.417 e. The number of amides is 2. The maximum absolute atomic E-state index is 12.9. The van der Waals surface area contributed by atoms with Crippen molar-refractivity contribution in [3.05, 3.63) is 47.0 Å². The Hall–Kier alpha value is -2.83. The number of rotatable bonds is 6. The second-order valence-corrected chi connectivity index (χ2v) is 8.97. The fraction of sp³-hybridized carbons (Fsp3) is 0.263. The van der Waals surface area contributed by atoms with E-state index >= 15 is 0 Å². The highest BCUT2D eigenvalue weighted by Gasteiger charge is 2.34. The lowest BCUT2D eigenvalue weighted by Crippen LogP contribution is -2.34. The summed E-state index contributed by atoms with van der Waals surface area (Å²) < 4.78 is 70.9. The van der Waals surface area contributed by atoms with Crippen molar-refractivity contribution in [1.29, 1.82) is 0 Å². The van der Waals surface area contributed by atoms with Crippen LogP contribution in [0.5, 0.6) is 5.75 Å². The van der Waals surface area contributed by atoms with Gasteiger partial charge in [0.05, 0.1) is 21.2 Å². The Bertz CT molecular complexity index is 1170. The minimum atomic E-state index is -4.82. The molecule has 8 nitrogen and oxygen atoms in total. The van der Waals surface area contributed by atoms with E-state index < -0.39 is 43.7 Å². The van der Waals surface area contributed by atoms with E-state index in [0.717, 1.165) is 12.1 Å². The molecule has 0 aromatic heterocycles. The number of sulfonamides is 1. The average Bonchev–Trinajstić information content (AvgIpc) is 2.68. The van der Waals surface area contributed by atoms with Gasteiger partial charge in [0, 0.05) is 18.7 Å². The molecule has 1 unspecified atom stereocenters. The molecule has 1 heterocycles. The first-order chi connectivity index (χ1) is 14.9. The minimum absolute atomic E-state index is 0.296. The number of benzene rings is 2. The van der Waals surface area contributed by atoms with Crippen LogP contribution in [0.3, 0.4) is 0 Å². The topological polar surface area (TPSA) is 114 Å². The predicted octanol–water partition coefficient (Wildman–Crippen LogP) is 3.39. The number of anilines is 2. The lowest BCUT2D eigenvalue weighted by Gasteiger charge is -2.23. The van der Waals surface area contributed by atoms with Crippen LogP contribution in [0.15, 0.2) is 41.3 Å². The van der Waals surface area contributed by atoms with Crippen molar-refractivity contribution in [3.8, 4) is 5.75 Å². The van der Waals surface area contributed by atoms with E-state index in [1.807, 2.05) is 0 Å². The zero-order chi connectivity index (χ0) is 23.7. The molecule has 13 heteroatoms. The molecular formula is C19H17ClF3N3O5S. The lowest BCUT2D eigenvalue weighted by molar-refractivity contribution is -0.137. The third-order valence-electron chi connectivity index (χ3n) is 4.39. The first-order valence-electron chi connectivity index (χ1n) is 9.14. The van der Waals surface area contributed by atoms with Crippen LogP contribution < -0.4 is 20.1 Å². The van der Waals surface area contributed by atoms with E-state index in [9.17, 15) is 31.2 Å². The quantitative estimate of drug-likeness (QED) is 0.573. The largest absolute Gasteiger partial charge is 0.479 e. The number of fused-ring (bicyclic) bond motifs is 1. The summed E-state index contributed by atoms with van der Waals surface area (Å²) in [4.78, 5) is 23.2. The van der Waals surface area contributed by atoms with E-state index in [4.69, 9.17) is 16.3 Å². The number of hydrogen-bond acceptors (Lipinski definition) is 5. The summed E-state index contributed by atoms with van der Waals surface area (Å²) in [6, 6.07) is 6.78. The van der Waals surface area contributed by atoms with Gasteiger partial charge < -0.3 is 15.4 Å². The first kappa shape index (κ1) is 23.8. The lowest BCUT2D eigenvalue weighted by atomic mass is 10.2. The Morgan fingerprint density at radius 2 is 1.94 bits per heavy atom. The molecule has 0 radical (unpaired) electrons. The number of alkyl halides is 3. The van der Waals surface area contributed by atoms with Crippen molar-refractivity contribution in [2.75, 3.05) is 17.2 Å². The summed E-state index contributed by atoms with van der Waals surface area (Å²) in [6.07, 6.45) is -5.76. The van der Waals surface area contributed by atoms with Crippen LogP contribution in [0.1, 0.15) is 18.9 Å². The Kier molecular flexibility index (Phi) is 6.67. The number of carbonyl (C=O) groups is 2. The van der Waals surface area contributed by atoms with Crippen LogP contribution >= 0.6 is 11.6 Å². The Labute approximate surface area is 186 Å². The molecule has 1 aliphatic heterocycles. The Morgan fingerprint density at radius 1 is 1.22 bits per heavy atom. The van der Waals surface area contributed by atoms with Gasteiger partial charge in [0.1, 0.15) is 5.75 Å². The molecule has 3 N–H and O–H groups in total. The molecule has 1 aliphatic rings. The molecule has 0 saturated carbocycles. The van der Waals surface area contributed by atoms with Gasteiger partial charge in [0.2, 0.25) is 15.9 Å². The maximum Gasteiger partial charge on any atom is 0.417 e. The molecule has 172 valence electrons. The van der Waals surface area contributed by atoms with Crippen LogP contribution in [0.2, 0.25) is 5.02 Å². The molecule has 0 saturated heterocycles. The predicted molar refractivity (Wildman–Crippen MR) is 110 cm³/mol. The molecule has 0 bridgehead atoms. The summed E-state index contributed by atoms with van der Waals surface area (Å²) >= 11 is 5.49. The van der Waals surface area contributed by atoms with Crippen LogP contribution in [-0.2, 0) is 25.8 Å². The van der Waals surface area contributed by atoms with Crippen molar-refractivity contribution < 1.29 is 35.9 Å². The zero-order valence-corrected chi connectivity index (χ0v) is 18.0. The second-order valence-electron chi connectivity index (χ2n) is 6.80. The van der Waals surface area contributed by atoms with Crippen LogP contribution in [0.4, 0.5) is 24.5 Å². The SMILES string of the molecule is CC1Oc2ccc(NC(=O)CCNS(=O)(=O)c3ccc(Cl)c(C(F)(F)F)c3)cc2NC1=O. The Morgan fingerprint density at radius 3 is 2.62 bits per heavy atom. The van der Waals surface area contributed by atoms with Gasteiger partial charge in [-0.1, -0.05) is 11.6 Å². The fourth-order valence-corrected chi connectivity index (χ4v) is 4.06. The molecule has 2 aromatic rings. The molecule has 0 aliphatic carbocycles. The molecule has 0 spiro atoms. The number of ether oxygens (including phenoxy) is 1. The standard InChI is InChI=1S/C19H17ClF3N3O5S/c1-10-18(28)26-15-8-11(2-5-16(15)31-10)25-17(27)6-7-24-32(29,30)12-3-4-14(20)13(9-12)19(21,22)23/h2-5,8-10,24H,6-7H2,1H3,(H,25,27)(H,26,28). The summed E-state index contributed by atoms with van der Waals surface area (Å²) in [7, 11) is -4.30. The molecule has 2 aromatic carbocycles. The summed E-state index contributed by atoms with van der Waals surface area (Å²) in [5.41, 5.74) is -0.574. The van der Waals surface area contributed by atoms with Crippen molar-refractivity contribution >= 4 is 44.8 Å². The average molecular weight is 492 g/mol. The van der Waals surface area contributed by atoms with E-state index in [1.165, 1.54) is 12.1 Å². The van der Waals surface area contributed by atoms with Crippen molar-refractivity contribution in [2.24, 2.45) is 0 Å². The van der Waals surface area contributed by atoms with Crippen LogP contribution in [0.25, 0.3) is 0 Å². The highest BCUT2D eigenvalue weighted by molar-refractivity contribution is 7.89. The van der Waals surface area contributed by atoms with Crippen molar-refractivity contribution in [3.63, 3.8) is 0 Å². The molecule has 1 atom stereocenters. The molecule has 2 amide bonds. The third kappa shape index (κ3) is 5.50. The maximum atomic E-state index is 12.9.